The van der Waals surface area contributed by atoms with Crippen molar-refractivity contribution in [2.24, 2.45) is 0 Å². The molecule has 0 saturated heterocycles. The lowest BCUT2D eigenvalue weighted by Gasteiger charge is -2.14. The summed E-state index contributed by atoms with van der Waals surface area (Å²) in [6, 6.07) is 0. The molecule has 0 heterocycles. The summed E-state index contributed by atoms with van der Waals surface area (Å²) >= 11 is -1.78. The molecule has 1 atom stereocenters. The molecular formula is C8H19NO2S. The van der Waals surface area contributed by atoms with Gasteiger partial charge in [-0.2, -0.15) is 0 Å². The van der Waals surface area contributed by atoms with Crippen molar-refractivity contribution in [3.63, 3.8) is 0 Å². The highest BCUT2D eigenvalue weighted by Gasteiger charge is 2.06. The molecule has 0 rings (SSSR count). The predicted octanol–water partition coefficient (Wildman–Crippen LogP) is 2.03. The van der Waals surface area contributed by atoms with Crippen LogP contribution < -0.4 is 0 Å². The van der Waals surface area contributed by atoms with Crippen molar-refractivity contribution in [3.05, 3.63) is 0 Å². The van der Waals surface area contributed by atoms with Crippen LogP contribution in [-0.2, 0) is 11.3 Å². The fourth-order valence-electron chi connectivity index (χ4n) is 1.06. The van der Waals surface area contributed by atoms with Crippen LogP contribution in [0, 0.1) is 0 Å². The van der Waals surface area contributed by atoms with E-state index in [-0.39, 0.29) is 0 Å². The summed E-state index contributed by atoms with van der Waals surface area (Å²) in [5, 5.41) is 0. The lowest BCUT2D eigenvalue weighted by Crippen LogP contribution is -2.26. The van der Waals surface area contributed by atoms with Gasteiger partial charge in [0.2, 0.25) is 11.3 Å². The van der Waals surface area contributed by atoms with Crippen molar-refractivity contribution < 1.29 is 8.76 Å². The van der Waals surface area contributed by atoms with Crippen LogP contribution in [0.2, 0.25) is 0 Å². The van der Waals surface area contributed by atoms with Crippen molar-refractivity contribution in [2.75, 3.05) is 13.1 Å². The van der Waals surface area contributed by atoms with Gasteiger partial charge in [-0.15, -0.1) is 0 Å². The van der Waals surface area contributed by atoms with E-state index in [1.165, 1.54) is 12.8 Å². The molecule has 3 nitrogen and oxygen atoms in total. The van der Waals surface area contributed by atoms with E-state index in [2.05, 4.69) is 6.92 Å². The normalized spacial score (nSPS) is 13.7. The largest absolute Gasteiger partial charge is 0.294 e. The Morgan fingerprint density at radius 2 is 1.92 bits per heavy atom. The van der Waals surface area contributed by atoms with Crippen molar-refractivity contribution >= 4 is 11.3 Å². The maximum atomic E-state index is 10.6. The summed E-state index contributed by atoms with van der Waals surface area (Å²) in [7, 11) is 0. The fourth-order valence-corrected chi connectivity index (χ4v) is 1.57. The summed E-state index contributed by atoms with van der Waals surface area (Å²) in [5.74, 6) is 0. The average Bonchev–Trinajstić information content (AvgIpc) is 2.04. The Hall–Kier alpha value is 0.0700. The molecule has 4 heteroatoms. The van der Waals surface area contributed by atoms with Gasteiger partial charge < -0.3 is 0 Å². The minimum absolute atomic E-state index is 0.648. The molecular weight excluding hydrogens is 174 g/mol. The first kappa shape index (κ1) is 12.1. The van der Waals surface area contributed by atoms with Crippen LogP contribution in [0.15, 0.2) is 0 Å². The lowest BCUT2D eigenvalue weighted by molar-refractivity contribution is 0.399. The van der Waals surface area contributed by atoms with Gasteiger partial charge in [0.05, 0.1) is 0 Å². The molecule has 0 aromatic rings. The molecule has 0 spiro atoms. The molecule has 0 radical (unpaired) electrons. The average molecular weight is 193 g/mol. The summed E-state index contributed by atoms with van der Waals surface area (Å²) < 4.78 is 21.0. The topological polar surface area (TPSA) is 40.5 Å². The van der Waals surface area contributed by atoms with Crippen molar-refractivity contribution in [2.45, 2.75) is 39.5 Å². The van der Waals surface area contributed by atoms with Gasteiger partial charge in [-0.1, -0.05) is 33.1 Å². The number of hydrogen-bond acceptors (Lipinski definition) is 1. The molecule has 0 saturated carbocycles. The molecule has 74 valence electrons. The highest BCUT2D eigenvalue weighted by molar-refractivity contribution is 7.76. The van der Waals surface area contributed by atoms with Crippen LogP contribution in [0.5, 0.6) is 0 Å². The summed E-state index contributed by atoms with van der Waals surface area (Å²) in [6.45, 7) is 5.44. The van der Waals surface area contributed by atoms with E-state index in [1.807, 2.05) is 6.92 Å². The highest BCUT2D eigenvalue weighted by Crippen LogP contribution is 2.02. The van der Waals surface area contributed by atoms with E-state index in [9.17, 15) is 4.21 Å². The fraction of sp³-hybridized carbons (Fsp3) is 1.00. The Bertz CT molecular complexity index is 130. The first-order valence-corrected chi connectivity index (χ1v) is 5.64. The Labute approximate surface area is 77.6 Å². The van der Waals surface area contributed by atoms with E-state index < -0.39 is 11.3 Å². The third kappa shape index (κ3) is 5.69. The Morgan fingerprint density at radius 3 is 2.33 bits per heavy atom. The highest BCUT2D eigenvalue weighted by atomic mass is 32.2. The third-order valence-corrected chi connectivity index (χ3v) is 2.72. The maximum absolute atomic E-state index is 10.6. The smallest absolute Gasteiger partial charge is 0.234 e. The second-order valence-corrected chi connectivity index (χ2v) is 3.79. The van der Waals surface area contributed by atoms with Gasteiger partial charge in [0, 0.05) is 13.1 Å². The first-order valence-electron chi connectivity index (χ1n) is 4.58. The third-order valence-electron chi connectivity index (χ3n) is 1.83. The van der Waals surface area contributed by atoms with Gasteiger partial charge >= 0.3 is 0 Å². The van der Waals surface area contributed by atoms with E-state index in [0.717, 1.165) is 19.4 Å². The minimum Gasteiger partial charge on any atom is -0.294 e. The van der Waals surface area contributed by atoms with Crippen LogP contribution in [0.3, 0.4) is 0 Å². The van der Waals surface area contributed by atoms with Crippen molar-refractivity contribution in [3.8, 4) is 0 Å². The number of nitrogens with zero attached hydrogens (tertiary/aromatic N) is 1. The quantitative estimate of drug-likeness (QED) is 0.496. The molecule has 0 aliphatic carbocycles. The number of rotatable bonds is 7. The van der Waals surface area contributed by atoms with Crippen molar-refractivity contribution in [1.82, 2.24) is 4.31 Å². The van der Waals surface area contributed by atoms with E-state index >= 15 is 0 Å². The van der Waals surface area contributed by atoms with E-state index in [0.29, 0.717) is 6.54 Å². The Morgan fingerprint density at radius 1 is 1.25 bits per heavy atom. The Kier molecular flexibility index (Phi) is 7.75. The second-order valence-electron chi connectivity index (χ2n) is 2.81. The first-order chi connectivity index (χ1) is 5.72. The van der Waals surface area contributed by atoms with Crippen LogP contribution in [-0.4, -0.2) is 26.2 Å². The monoisotopic (exact) mass is 193 g/mol. The molecule has 0 aliphatic heterocycles. The number of hydrogen-bond donors (Lipinski definition) is 1. The van der Waals surface area contributed by atoms with Gasteiger partial charge in [-0.25, -0.2) is 8.51 Å². The van der Waals surface area contributed by atoms with E-state index in [1.54, 1.807) is 4.31 Å². The SMILES string of the molecule is CCCCCCN(CC)S(=O)O. The lowest BCUT2D eigenvalue weighted by atomic mass is 10.2. The van der Waals surface area contributed by atoms with Gasteiger partial charge in [-0.05, 0) is 6.42 Å². The van der Waals surface area contributed by atoms with Crippen LogP contribution in [0.4, 0.5) is 0 Å². The second kappa shape index (κ2) is 7.71. The van der Waals surface area contributed by atoms with Crippen LogP contribution >= 0.6 is 0 Å². The zero-order valence-corrected chi connectivity index (χ0v) is 8.77. The molecule has 0 bridgehead atoms. The molecule has 0 aromatic heterocycles. The molecule has 0 aromatic carbocycles. The predicted molar refractivity (Wildman–Crippen MR) is 52.2 cm³/mol. The standard InChI is InChI=1S/C8H19NO2S/c1-3-5-6-7-8-9(4-2)12(10)11/h3-8H2,1-2H3,(H,10,11). The summed E-state index contributed by atoms with van der Waals surface area (Å²) in [6.07, 6.45) is 4.60. The van der Waals surface area contributed by atoms with Gasteiger partial charge in [-0.3, -0.25) is 4.55 Å². The van der Waals surface area contributed by atoms with Crippen LogP contribution in [0.25, 0.3) is 0 Å². The molecule has 12 heavy (non-hydrogen) atoms. The number of unbranched alkanes of at least 4 members (excludes halogenated alkanes) is 3. The van der Waals surface area contributed by atoms with Gasteiger partial charge in [0.15, 0.2) is 0 Å². The summed E-state index contributed by atoms with van der Waals surface area (Å²) in [4.78, 5) is 0. The zero-order chi connectivity index (χ0) is 9.40. The van der Waals surface area contributed by atoms with Gasteiger partial charge in [0.1, 0.15) is 0 Å². The van der Waals surface area contributed by atoms with E-state index in [4.69, 9.17) is 4.55 Å². The zero-order valence-electron chi connectivity index (χ0n) is 7.95. The molecule has 1 N–H and O–H groups in total. The molecule has 0 fully saturated rings. The molecule has 0 aliphatic rings. The maximum Gasteiger partial charge on any atom is 0.234 e. The summed E-state index contributed by atoms with van der Waals surface area (Å²) in [5.41, 5.74) is 0. The van der Waals surface area contributed by atoms with Crippen LogP contribution in [0.1, 0.15) is 39.5 Å². The molecule has 0 amide bonds. The minimum atomic E-state index is -1.78. The Balaban J connectivity index is 3.38. The van der Waals surface area contributed by atoms with Gasteiger partial charge in [0.25, 0.3) is 0 Å². The molecule has 1 unspecified atom stereocenters. The van der Waals surface area contributed by atoms with Crippen molar-refractivity contribution in [1.29, 1.82) is 0 Å².